The first-order chi connectivity index (χ1) is 8.20. The molecule has 3 heteroatoms. The second-order valence-corrected chi connectivity index (χ2v) is 4.69. The molecule has 0 heterocycles. The highest BCUT2D eigenvalue weighted by atomic mass is 16.5. The maximum atomic E-state index is 11.3. The topological polar surface area (TPSA) is 29.5 Å². The van der Waals surface area contributed by atoms with Gasteiger partial charge in [-0.15, -0.1) is 0 Å². The van der Waals surface area contributed by atoms with Crippen LogP contribution in [0.2, 0.25) is 0 Å². The maximum Gasteiger partial charge on any atom is 0.337 e. The van der Waals surface area contributed by atoms with Gasteiger partial charge in [-0.25, -0.2) is 4.79 Å². The van der Waals surface area contributed by atoms with E-state index in [1.54, 1.807) is 0 Å². The third kappa shape index (κ3) is 2.86. The lowest BCUT2D eigenvalue weighted by molar-refractivity contribution is 0.0600. The van der Waals surface area contributed by atoms with Crippen molar-refractivity contribution in [3.05, 3.63) is 35.4 Å². The van der Waals surface area contributed by atoms with E-state index in [0.717, 1.165) is 12.6 Å². The molecule has 0 spiro atoms. The summed E-state index contributed by atoms with van der Waals surface area (Å²) >= 11 is 0. The minimum Gasteiger partial charge on any atom is -0.465 e. The average molecular weight is 233 g/mol. The second-order valence-electron chi connectivity index (χ2n) is 4.69. The van der Waals surface area contributed by atoms with Crippen LogP contribution < -0.4 is 0 Å². The summed E-state index contributed by atoms with van der Waals surface area (Å²) in [5, 5.41) is 0. The van der Waals surface area contributed by atoms with Gasteiger partial charge >= 0.3 is 5.97 Å². The fourth-order valence-corrected chi connectivity index (χ4v) is 2.11. The van der Waals surface area contributed by atoms with Crippen LogP contribution in [-0.4, -0.2) is 31.1 Å². The molecule has 0 aromatic heterocycles. The predicted molar refractivity (Wildman–Crippen MR) is 66.9 cm³/mol. The Kier molecular flexibility index (Phi) is 3.79. The first kappa shape index (κ1) is 12.1. The highest BCUT2D eigenvalue weighted by Gasteiger charge is 2.21. The number of esters is 1. The zero-order valence-corrected chi connectivity index (χ0v) is 10.5. The predicted octanol–water partition coefficient (Wildman–Crippen LogP) is 2.46. The van der Waals surface area contributed by atoms with Crippen LogP contribution in [0.15, 0.2) is 24.3 Å². The van der Waals surface area contributed by atoms with Gasteiger partial charge in [0, 0.05) is 12.6 Å². The number of hydrogen-bond acceptors (Lipinski definition) is 3. The Balaban J connectivity index is 1.95. The van der Waals surface area contributed by atoms with Crippen molar-refractivity contribution in [2.45, 2.75) is 31.8 Å². The molecule has 1 fully saturated rings. The Bertz CT molecular complexity index is 382. The molecule has 1 aliphatic carbocycles. The summed E-state index contributed by atoms with van der Waals surface area (Å²) in [5.74, 6) is -0.274. The Labute approximate surface area is 102 Å². The molecule has 2 rings (SSSR count). The highest BCUT2D eigenvalue weighted by Crippen LogP contribution is 2.24. The quantitative estimate of drug-likeness (QED) is 0.748. The summed E-state index contributed by atoms with van der Waals surface area (Å²) < 4.78 is 4.67. The van der Waals surface area contributed by atoms with E-state index in [1.165, 1.54) is 31.9 Å². The Morgan fingerprint density at radius 1 is 1.35 bits per heavy atom. The van der Waals surface area contributed by atoms with Gasteiger partial charge in [0.15, 0.2) is 0 Å². The summed E-state index contributed by atoms with van der Waals surface area (Å²) in [6.07, 6.45) is 3.99. The van der Waals surface area contributed by atoms with Crippen molar-refractivity contribution in [1.82, 2.24) is 4.90 Å². The molecule has 0 amide bonds. The fraction of sp³-hybridized carbons (Fsp3) is 0.500. The molecular formula is C14H19NO2. The van der Waals surface area contributed by atoms with Crippen LogP contribution >= 0.6 is 0 Å². The van der Waals surface area contributed by atoms with Crippen molar-refractivity contribution >= 4 is 5.97 Å². The summed E-state index contributed by atoms with van der Waals surface area (Å²) in [6.45, 7) is 0.951. The van der Waals surface area contributed by atoms with Crippen molar-refractivity contribution in [3.8, 4) is 0 Å². The van der Waals surface area contributed by atoms with Crippen LogP contribution in [0.1, 0.15) is 35.2 Å². The third-order valence-electron chi connectivity index (χ3n) is 3.51. The summed E-state index contributed by atoms with van der Waals surface area (Å²) in [4.78, 5) is 13.7. The van der Waals surface area contributed by atoms with Gasteiger partial charge in [-0.1, -0.05) is 18.6 Å². The molecule has 1 saturated carbocycles. The molecule has 17 heavy (non-hydrogen) atoms. The number of carbonyl (C=O) groups is 1. The SMILES string of the molecule is COC(=O)c1ccc(CN(C)C2CCC2)cc1. The third-order valence-corrected chi connectivity index (χ3v) is 3.51. The molecule has 1 aromatic rings. The van der Waals surface area contributed by atoms with Crippen LogP contribution in [0.5, 0.6) is 0 Å². The van der Waals surface area contributed by atoms with Gasteiger partial charge in [0.05, 0.1) is 12.7 Å². The second kappa shape index (κ2) is 5.32. The Morgan fingerprint density at radius 3 is 2.47 bits per heavy atom. The lowest BCUT2D eigenvalue weighted by atomic mass is 9.91. The zero-order chi connectivity index (χ0) is 12.3. The Hall–Kier alpha value is -1.35. The van der Waals surface area contributed by atoms with Gasteiger partial charge in [-0.05, 0) is 37.6 Å². The number of carbonyl (C=O) groups excluding carboxylic acids is 1. The maximum absolute atomic E-state index is 11.3. The van der Waals surface area contributed by atoms with E-state index in [4.69, 9.17) is 0 Å². The molecule has 0 N–H and O–H groups in total. The fourth-order valence-electron chi connectivity index (χ4n) is 2.11. The molecule has 0 unspecified atom stereocenters. The molecule has 0 saturated heterocycles. The minimum absolute atomic E-state index is 0.274. The summed E-state index contributed by atoms with van der Waals surface area (Å²) in [7, 11) is 3.57. The first-order valence-corrected chi connectivity index (χ1v) is 6.08. The van der Waals surface area contributed by atoms with Crippen molar-refractivity contribution in [1.29, 1.82) is 0 Å². The molecule has 1 aliphatic rings. The van der Waals surface area contributed by atoms with Crippen molar-refractivity contribution in [2.75, 3.05) is 14.2 Å². The number of methoxy groups -OCH3 is 1. The Morgan fingerprint density at radius 2 is 2.00 bits per heavy atom. The number of benzene rings is 1. The molecular weight excluding hydrogens is 214 g/mol. The van der Waals surface area contributed by atoms with Gasteiger partial charge in [0.25, 0.3) is 0 Å². The lowest BCUT2D eigenvalue weighted by Gasteiger charge is -2.34. The van der Waals surface area contributed by atoms with Crippen LogP contribution in [0.25, 0.3) is 0 Å². The average Bonchev–Trinajstić information content (AvgIpc) is 2.26. The molecule has 0 aliphatic heterocycles. The van der Waals surface area contributed by atoms with Crippen molar-refractivity contribution < 1.29 is 9.53 Å². The minimum atomic E-state index is -0.274. The van der Waals surface area contributed by atoms with E-state index in [-0.39, 0.29) is 5.97 Å². The van der Waals surface area contributed by atoms with E-state index in [9.17, 15) is 4.79 Å². The van der Waals surface area contributed by atoms with Crippen LogP contribution in [0.3, 0.4) is 0 Å². The van der Waals surface area contributed by atoms with E-state index in [0.29, 0.717) is 5.56 Å². The molecule has 0 radical (unpaired) electrons. The number of rotatable bonds is 4. The van der Waals surface area contributed by atoms with Gasteiger partial charge < -0.3 is 4.74 Å². The molecule has 0 bridgehead atoms. The van der Waals surface area contributed by atoms with Gasteiger partial charge in [-0.3, -0.25) is 4.90 Å². The number of hydrogen-bond donors (Lipinski definition) is 0. The van der Waals surface area contributed by atoms with Crippen molar-refractivity contribution in [3.63, 3.8) is 0 Å². The van der Waals surface area contributed by atoms with E-state index in [1.807, 2.05) is 24.3 Å². The van der Waals surface area contributed by atoms with Crippen LogP contribution in [-0.2, 0) is 11.3 Å². The van der Waals surface area contributed by atoms with Gasteiger partial charge in [-0.2, -0.15) is 0 Å². The molecule has 1 aromatic carbocycles. The monoisotopic (exact) mass is 233 g/mol. The van der Waals surface area contributed by atoms with E-state index in [2.05, 4.69) is 16.7 Å². The molecule has 0 atom stereocenters. The highest BCUT2D eigenvalue weighted by molar-refractivity contribution is 5.89. The summed E-state index contributed by atoms with van der Waals surface area (Å²) in [5.41, 5.74) is 1.86. The number of ether oxygens (including phenoxy) is 1. The summed E-state index contributed by atoms with van der Waals surface area (Å²) in [6, 6.07) is 8.41. The van der Waals surface area contributed by atoms with E-state index < -0.39 is 0 Å². The van der Waals surface area contributed by atoms with Crippen molar-refractivity contribution in [2.24, 2.45) is 0 Å². The standard InChI is InChI=1S/C14H19NO2/c1-15(13-4-3-5-13)10-11-6-8-12(9-7-11)14(16)17-2/h6-9,13H,3-5,10H2,1-2H3. The van der Waals surface area contributed by atoms with Crippen LogP contribution in [0.4, 0.5) is 0 Å². The first-order valence-electron chi connectivity index (χ1n) is 6.08. The normalized spacial score (nSPS) is 15.7. The molecule has 3 nitrogen and oxygen atoms in total. The number of nitrogens with zero attached hydrogens (tertiary/aromatic N) is 1. The van der Waals surface area contributed by atoms with E-state index >= 15 is 0 Å². The largest absolute Gasteiger partial charge is 0.465 e. The van der Waals surface area contributed by atoms with Crippen LogP contribution in [0, 0.1) is 0 Å². The zero-order valence-electron chi connectivity index (χ0n) is 10.5. The molecule has 92 valence electrons. The van der Waals surface area contributed by atoms with Gasteiger partial charge in [0.1, 0.15) is 0 Å². The van der Waals surface area contributed by atoms with Gasteiger partial charge in [0.2, 0.25) is 0 Å². The lowest BCUT2D eigenvalue weighted by Crippen LogP contribution is -2.36. The smallest absolute Gasteiger partial charge is 0.337 e.